The number of aliphatic carboxylic acids is 2. The fraction of sp³-hybridized carbons (Fsp3) is 0.333. The van der Waals surface area contributed by atoms with Crippen LogP contribution < -0.4 is 10.1 Å². The van der Waals surface area contributed by atoms with Crippen LogP contribution in [0.15, 0.2) is 60.7 Å². The standard InChI is InChI=1S/C30H32N4O9/c1-2-42-30(41)34-16-14-33(15-17-34)27(36)21(28(37)38)12-13-31-26(35)23-18-24(20-10-6-7-11-22(20)32-23)43-25(29(39)40)19-8-4-3-5-9-19/h3-11,18,21,25H,2,12-17H2,1H3,(H,31,35)(H,37,38)(H,39,40). The van der Waals surface area contributed by atoms with E-state index in [4.69, 9.17) is 9.47 Å². The average Bonchev–Trinajstić information content (AvgIpc) is 3.01. The summed E-state index contributed by atoms with van der Waals surface area (Å²) in [6.45, 7) is 2.55. The zero-order chi connectivity index (χ0) is 30.9. The largest absolute Gasteiger partial charge is 0.481 e. The van der Waals surface area contributed by atoms with E-state index in [-0.39, 0.29) is 57.2 Å². The molecule has 1 fully saturated rings. The molecule has 0 aliphatic carbocycles. The Balaban J connectivity index is 1.43. The molecule has 0 spiro atoms. The summed E-state index contributed by atoms with van der Waals surface area (Å²) in [7, 11) is 0. The van der Waals surface area contributed by atoms with Crippen molar-refractivity contribution in [2.45, 2.75) is 19.4 Å². The number of fused-ring (bicyclic) bond motifs is 1. The van der Waals surface area contributed by atoms with Crippen molar-refractivity contribution in [1.82, 2.24) is 20.1 Å². The molecule has 13 heteroatoms. The molecule has 0 radical (unpaired) electrons. The molecule has 13 nitrogen and oxygen atoms in total. The Morgan fingerprint density at radius 1 is 0.907 bits per heavy atom. The van der Waals surface area contributed by atoms with E-state index in [0.29, 0.717) is 16.5 Å². The number of pyridine rings is 1. The molecule has 226 valence electrons. The number of aromatic nitrogens is 1. The average molecular weight is 593 g/mol. The highest BCUT2D eigenvalue weighted by atomic mass is 16.6. The molecule has 3 N–H and O–H groups in total. The molecular weight excluding hydrogens is 560 g/mol. The molecule has 0 saturated carbocycles. The highest BCUT2D eigenvalue weighted by Crippen LogP contribution is 2.30. The molecule has 1 saturated heterocycles. The van der Waals surface area contributed by atoms with Crippen LogP contribution >= 0.6 is 0 Å². The third-order valence-corrected chi connectivity index (χ3v) is 6.91. The van der Waals surface area contributed by atoms with Gasteiger partial charge in [0.05, 0.1) is 12.1 Å². The lowest BCUT2D eigenvalue weighted by Crippen LogP contribution is -2.53. The number of nitrogens with one attached hydrogen (secondary N) is 1. The number of carboxylic acid groups (broad SMARTS) is 2. The van der Waals surface area contributed by atoms with Crippen LogP contribution in [0, 0.1) is 5.92 Å². The lowest BCUT2D eigenvalue weighted by Gasteiger charge is -2.35. The Kier molecular flexibility index (Phi) is 10.1. The topological polar surface area (TPSA) is 176 Å². The van der Waals surface area contributed by atoms with Gasteiger partial charge in [-0.1, -0.05) is 42.5 Å². The number of piperazine rings is 1. The second-order valence-corrected chi connectivity index (χ2v) is 9.72. The van der Waals surface area contributed by atoms with E-state index < -0.39 is 41.9 Å². The highest BCUT2D eigenvalue weighted by molar-refractivity contribution is 5.98. The molecule has 43 heavy (non-hydrogen) atoms. The van der Waals surface area contributed by atoms with Crippen LogP contribution in [0.2, 0.25) is 0 Å². The van der Waals surface area contributed by atoms with Crippen molar-refractivity contribution >= 4 is 40.7 Å². The number of benzene rings is 2. The van der Waals surface area contributed by atoms with E-state index in [9.17, 15) is 34.2 Å². The number of carbonyl (C=O) groups excluding carboxylic acids is 3. The van der Waals surface area contributed by atoms with Crippen molar-refractivity contribution in [2.75, 3.05) is 39.3 Å². The van der Waals surface area contributed by atoms with Gasteiger partial charge in [-0.25, -0.2) is 14.6 Å². The molecule has 1 aromatic heterocycles. The summed E-state index contributed by atoms with van der Waals surface area (Å²) in [5.74, 6) is -5.07. The van der Waals surface area contributed by atoms with Gasteiger partial charge in [-0.2, -0.15) is 0 Å². The SMILES string of the molecule is CCOC(=O)N1CCN(C(=O)C(CCNC(=O)c2cc(OC(C(=O)O)c3ccccc3)c3ccccc3n2)C(=O)O)CC1. The first kappa shape index (κ1) is 30.8. The first-order valence-corrected chi connectivity index (χ1v) is 13.7. The number of hydrogen-bond donors (Lipinski definition) is 3. The number of ether oxygens (including phenoxy) is 2. The van der Waals surface area contributed by atoms with Crippen LogP contribution in [0.3, 0.4) is 0 Å². The third kappa shape index (κ3) is 7.56. The molecule has 2 unspecified atom stereocenters. The van der Waals surface area contributed by atoms with E-state index in [1.165, 1.54) is 15.9 Å². The van der Waals surface area contributed by atoms with Crippen molar-refractivity contribution in [3.63, 3.8) is 0 Å². The fourth-order valence-corrected chi connectivity index (χ4v) is 4.69. The van der Waals surface area contributed by atoms with Crippen molar-refractivity contribution in [3.8, 4) is 5.75 Å². The Labute approximate surface area is 247 Å². The second kappa shape index (κ2) is 14.1. The maximum absolute atomic E-state index is 13.1. The van der Waals surface area contributed by atoms with Crippen molar-refractivity contribution < 1.29 is 43.7 Å². The Morgan fingerprint density at radius 2 is 1.56 bits per heavy atom. The van der Waals surface area contributed by atoms with Gasteiger partial charge in [0, 0.05) is 49.7 Å². The molecule has 2 heterocycles. The van der Waals surface area contributed by atoms with Crippen LogP contribution in [0.4, 0.5) is 4.79 Å². The van der Waals surface area contributed by atoms with Gasteiger partial charge < -0.3 is 34.8 Å². The monoisotopic (exact) mass is 592 g/mol. The predicted molar refractivity (Wildman–Crippen MR) is 152 cm³/mol. The molecule has 0 bridgehead atoms. The zero-order valence-corrected chi connectivity index (χ0v) is 23.5. The van der Waals surface area contributed by atoms with E-state index in [1.807, 2.05) is 0 Å². The summed E-state index contributed by atoms with van der Waals surface area (Å²) < 4.78 is 10.9. The minimum atomic E-state index is -1.40. The minimum Gasteiger partial charge on any atom is -0.481 e. The molecule has 3 amide bonds. The molecule has 1 aliphatic rings. The summed E-state index contributed by atoms with van der Waals surface area (Å²) in [6.07, 6.45) is -2.00. The van der Waals surface area contributed by atoms with Crippen LogP contribution in [-0.4, -0.2) is 94.2 Å². The minimum absolute atomic E-state index is 0.0702. The number of carboxylic acids is 2. The maximum atomic E-state index is 13.1. The number of rotatable bonds is 11. The molecule has 3 aromatic rings. The maximum Gasteiger partial charge on any atom is 0.409 e. The molecule has 2 atom stereocenters. The van der Waals surface area contributed by atoms with Gasteiger partial charge >= 0.3 is 18.0 Å². The third-order valence-electron chi connectivity index (χ3n) is 6.91. The number of nitrogens with zero attached hydrogens (tertiary/aromatic N) is 3. The first-order valence-electron chi connectivity index (χ1n) is 13.7. The van der Waals surface area contributed by atoms with Gasteiger partial charge in [0.1, 0.15) is 17.4 Å². The molecule has 2 aromatic carbocycles. The number of amides is 3. The Morgan fingerprint density at radius 3 is 2.21 bits per heavy atom. The van der Waals surface area contributed by atoms with Crippen LogP contribution in [0.25, 0.3) is 10.9 Å². The molecule has 4 rings (SSSR count). The summed E-state index contributed by atoms with van der Waals surface area (Å²) in [5.41, 5.74) is 0.732. The van der Waals surface area contributed by atoms with Gasteiger partial charge in [0.25, 0.3) is 5.91 Å². The van der Waals surface area contributed by atoms with Crippen molar-refractivity contribution in [1.29, 1.82) is 0 Å². The van der Waals surface area contributed by atoms with Gasteiger partial charge in [-0.15, -0.1) is 0 Å². The van der Waals surface area contributed by atoms with E-state index >= 15 is 0 Å². The summed E-state index contributed by atoms with van der Waals surface area (Å²) >= 11 is 0. The van der Waals surface area contributed by atoms with E-state index in [2.05, 4.69) is 10.3 Å². The smallest absolute Gasteiger partial charge is 0.409 e. The van der Waals surface area contributed by atoms with E-state index in [0.717, 1.165) is 0 Å². The predicted octanol–water partition coefficient (Wildman–Crippen LogP) is 2.56. The number of hydrogen-bond acceptors (Lipinski definition) is 8. The molecular formula is C30H32N4O9. The Bertz CT molecular complexity index is 1490. The van der Waals surface area contributed by atoms with Crippen LogP contribution in [-0.2, 0) is 19.1 Å². The first-order chi connectivity index (χ1) is 20.7. The summed E-state index contributed by atoms with van der Waals surface area (Å²) in [6, 6.07) is 16.5. The normalized spacial score (nSPS) is 14.4. The van der Waals surface area contributed by atoms with Gasteiger partial charge in [-0.05, 0) is 25.5 Å². The lowest BCUT2D eigenvalue weighted by molar-refractivity contribution is -0.152. The van der Waals surface area contributed by atoms with Gasteiger partial charge in [-0.3, -0.25) is 14.4 Å². The summed E-state index contributed by atoms with van der Waals surface area (Å²) in [4.78, 5) is 69.1. The van der Waals surface area contributed by atoms with Gasteiger partial charge in [0.2, 0.25) is 12.0 Å². The quantitative estimate of drug-likeness (QED) is 0.281. The highest BCUT2D eigenvalue weighted by Gasteiger charge is 2.33. The van der Waals surface area contributed by atoms with E-state index in [1.54, 1.807) is 61.5 Å². The van der Waals surface area contributed by atoms with Crippen LogP contribution in [0.1, 0.15) is 35.5 Å². The van der Waals surface area contributed by atoms with Gasteiger partial charge in [0.15, 0.2) is 0 Å². The van der Waals surface area contributed by atoms with Crippen LogP contribution in [0.5, 0.6) is 5.75 Å². The molecule has 1 aliphatic heterocycles. The lowest BCUT2D eigenvalue weighted by atomic mass is 10.0. The second-order valence-electron chi connectivity index (χ2n) is 9.72. The fourth-order valence-electron chi connectivity index (χ4n) is 4.69. The van der Waals surface area contributed by atoms with Crippen molar-refractivity contribution in [3.05, 3.63) is 71.9 Å². The number of para-hydroxylation sites is 1. The summed E-state index contributed by atoms with van der Waals surface area (Å²) in [5, 5.41) is 22.7. The Hall–Kier alpha value is -5.20. The number of carbonyl (C=O) groups is 5. The van der Waals surface area contributed by atoms with Crippen molar-refractivity contribution in [2.24, 2.45) is 5.92 Å². The zero-order valence-electron chi connectivity index (χ0n) is 23.5.